The second-order valence-electron chi connectivity index (χ2n) is 8.62. The molecule has 1 atom stereocenters. The molecule has 6 rings (SSSR count). The summed E-state index contributed by atoms with van der Waals surface area (Å²) in [6.07, 6.45) is 5.56. The van der Waals surface area contributed by atoms with Crippen molar-refractivity contribution in [2.45, 2.75) is 32.4 Å². The molecule has 0 aliphatic carbocycles. The zero-order valence-corrected chi connectivity index (χ0v) is 19.4. The van der Waals surface area contributed by atoms with E-state index in [4.69, 9.17) is 0 Å². The molecule has 0 radical (unpaired) electrons. The molecule has 33 heavy (non-hydrogen) atoms. The van der Waals surface area contributed by atoms with Gasteiger partial charge in [-0.3, -0.25) is 9.78 Å². The van der Waals surface area contributed by atoms with Gasteiger partial charge in [-0.15, -0.1) is 11.3 Å². The Morgan fingerprint density at radius 2 is 1.97 bits per heavy atom. The molecule has 0 saturated heterocycles. The number of amides is 1. The van der Waals surface area contributed by atoms with Gasteiger partial charge >= 0.3 is 0 Å². The normalized spacial score (nSPS) is 15.8. The van der Waals surface area contributed by atoms with E-state index in [9.17, 15) is 4.79 Å². The average molecular weight is 452 g/mol. The van der Waals surface area contributed by atoms with Crippen LogP contribution in [-0.4, -0.2) is 26.9 Å². The number of aromatic nitrogens is 2. The van der Waals surface area contributed by atoms with Gasteiger partial charge in [-0.2, -0.15) is 0 Å². The number of nitrogens with zero attached hydrogens (tertiary/aromatic N) is 3. The van der Waals surface area contributed by atoms with Crippen molar-refractivity contribution in [2.24, 2.45) is 0 Å². The molecule has 0 spiro atoms. The summed E-state index contributed by atoms with van der Waals surface area (Å²) in [6.45, 7) is 3.70. The lowest BCUT2D eigenvalue weighted by molar-refractivity contribution is 0.0666. The van der Waals surface area contributed by atoms with Crippen molar-refractivity contribution < 1.29 is 4.79 Å². The minimum atomic E-state index is 0.0117. The highest BCUT2D eigenvalue weighted by molar-refractivity contribution is 7.10. The van der Waals surface area contributed by atoms with Crippen LogP contribution in [0.5, 0.6) is 0 Å². The summed E-state index contributed by atoms with van der Waals surface area (Å²) in [5.41, 5.74) is 5.51. The lowest BCUT2D eigenvalue weighted by atomic mass is 9.93. The molecule has 4 heterocycles. The first-order valence-electron chi connectivity index (χ1n) is 11.5. The molecule has 1 aliphatic heterocycles. The molecule has 5 aromatic rings. The fraction of sp³-hybridized carbons (Fsp3) is 0.214. The number of carbonyl (C=O) groups is 1. The van der Waals surface area contributed by atoms with Gasteiger partial charge in [0.1, 0.15) is 0 Å². The predicted molar refractivity (Wildman–Crippen MR) is 135 cm³/mol. The molecule has 1 amide bonds. The molecular weight excluding hydrogens is 426 g/mol. The van der Waals surface area contributed by atoms with Gasteiger partial charge in [0.2, 0.25) is 0 Å². The van der Waals surface area contributed by atoms with Gasteiger partial charge in [0.25, 0.3) is 5.91 Å². The van der Waals surface area contributed by atoms with Crippen molar-refractivity contribution in [1.82, 2.24) is 14.5 Å². The van der Waals surface area contributed by atoms with E-state index in [1.165, 1.54) is 16.0 Å². The van der Waals surface area contributed by atoms with E-state index in [0.717, 1.165) is 53.3 Å². The molecule has 0 fully saturated rings. The summed E-state index contributed by atoms with van der Waals surface area (Å²) < 4.78 is 2.17. The van der Waals surface area contributed by atoms with Crippen LogP contribution in [0, 0.1) is 0 Å². The molecule has 0 saturated carbocycles. The third-order valence-electron chi connectivity index (χ3n) is 6.83. The molecule has 2 aromatic carbocycles. The first-order chi connectivity index (χ1) is 16.2. The number of hydrogen-bond donors (Lipinski definition) is 0. The van der Waals surface area contributed by atoms with Crippen molar-refractivity contribution >= 4 is 39.0 Å². The molecule has 1 unspecified atom stereocenters. The maximum atomic E-state index is 14.0. The number of hydrogen-bond acceptors (Lipinski definition) is 3. The van der Waals surface area contributed by atoms with Gasteiger partial charge in [-0.1, -0.05) is 42.5 Å². The van der Waals surface area contributed by atoms with E-state index in [1.54, 1.807) is 11.3 Å². The molecule has 4 nitrogen and oxygen atoms in total. The molecular formula is C28H25N3OS. The molecule has 5 heteroatoms. The minimum absolute atomic E-state index is 0.0117. The molecule has 0 bridgehead atoms. The number of aryl methyl sites for hydroxylation is 1. The number of fused-ring (bicyclic) bond motifs is 3. The summed E-state index contributed by atoms with van der Waals surface area (Å²) in [6, 6.07) is 20.9. The lowest BCUT2D eigenvalue weighted by Crippen LogP contribution is -2.40. The Morgan fingerprint density at radius 3 is 2.88 bits per heavy atom. The highest BCUT2D eigenvalue weighted by atomic mass is 32.1. The van der Waals surface area contributed by atoms with Crippen LogP contribution in [0.2, 0.25) is 0 Å². The SMILES string of the molecule is CCn1cc(C(=O)N2CCc3ccsc3C2Cc2cccc3cccnc23)c2ccccc21. The first kappa shape index (κ1) is 20.2. The van der Waals surface area contributed by atoms with Crippen LogP contribution in [0.4, 0.5) is 0 Å². The summed E-state index contributed by atoms with van der Waals surface area (Å²) in [5, 5.41) is 4.34. The minimum Gasteiger partial charge on any atom is -0.347 e. The van der Waals surface area contributed by atoms with Crippen molar-refractivity contribution in [3.8, 4) is 0 Å². The molecule has 3 aromatic heterocycles. The van der Waals surface area contributed by atoms with Gasteiger partial charge in [-0.05, 0) is 48.1 Å². The third kappa shape index (κ3) is 3.35. The Balaban J connectivity index is 1.44. The largest absolute Gasteiger partial charge is 0.347 e. The smallest absolute Gasteiger partial charge is 0.256 e. The zero-order valence-electron chi connectivity index (χ0n) is 18.6. The van der Waals surface area contributed by atoms with E-state index in [0.29, 0.717) is 0 Å². The topological polar surface area (TPSA) is 38.1 Å². The van der Waals surface area contributed by atoms with Crippen molar-refractivity contribution in [3.05, 3.63) is 100 Å². The number of para-hydroxylation sites is 2. The Morgan fingerprint density at radius 1 is 1.09 bits per heavy atom. The van der Waals surface area contributed by atoms with Gasteiger partial charge in [0, 0.05) is 53.1 Å². The highest BCUT2D eigenvalue weighted by Crippen LogP contribution is 2.38. The molecule has 1 aliphatic rings. The second-order valence-corrected chi connectivity index (χ2v) is 9.56. The van der Waals surface area contributed by atoms with Crippen LogP contribution >= 0.6 is 11.3 Å². The lowest BCUT2D eigenvalue weighted by Gasteiger charge is -2.36. The second kappa shape index (κ2) is 8.16. The van der Waals surface area contributed by atoms with Gasteiger partial charge in [-0.25, -0.2) is 0 Å². The van der Waals surface area contributed by atoms with E-state index in [1.807, 2.05) is 30.6 Å². The highest BCUT2D eigenvalue weighted by Gasteiger charge is 2.34. The molecule has 164 valence electrons. The number of pyridine rings is 1. The van der Waals surface area contributed by atoms with Crippen LogP contribution in [0.25, 0.3) is 21.8 Å². The first-order valence-corrected chi connectivity index (χ1v) is 12.4. The Labute approximate surface area is 197 Å². The standard InChI is InChI=1S/C28H25N3OS/c1-2-30-18-23(22-10-3-4-11-24(22)30)28(32)31-15-12-20-13-16-33-27(20)25(31)17-21-8-5-7-19-9-6-14-29-26(19)21/h3-11,13-14,16,18,25H,2,12,15,17H2,1H3. The Kier molecular flexibility index (Phi) is 4.99. The van der Waals surface area contributed by atoms with Gasteiger partial charge in [0.05, 0.1) is 17.1 Å². The van der Waals surface area contributed by atoms with Gasteiger partial charge in [0.15, 0.2) is 0 Å². The fourth-order valence-corrected chi connectivity index (χ4v) is 6.27. The van der Waals surface area contributed by atoms with E-state index >= 15 is 0 Å². The number of carbonyl (C=O) groups excluding carboxylic acids is 1. The quantitative estimate of drug-likeness (QED) is 0.324. The van der Waals surface area contributed by atoms with Crippen LogP contribution in [-0.2, 0) is 19.4 Å². The third-order valence-corrected chi connectivity index (χ3v) is 7.89. The molecule has 0 N–H and O–H groups in total. The Bertz CT molecular complexity index is 1480. The monoisotopic (exact) mass is 451 g/mol. The van der Waals surface area contributed by atoms with E-state index < -0.39 is 0 Å². The van der Waals surface area contributed by atoms with Crippen molar-refractivity contribution in [1.29, 1.82) is 0 Å². The summed E-state index contributed by atoms with van der Waals surface area (Å²) in [5.74, 6) is 0.121. The number of benzene rings is 2. The average Bonchev–Trinajstić information content (AvgIpc) is 3.49. The number of rotatable bonds is 4. The maximum absolute atomic E-state index is 14.0. The van der Waals surface area contributed by atoms with E-state index in [-0.39, 0.29) is 11.9 Å². The fourth-order valence-electron chi connectivity index (χ4n) is 5.20. The Hall–Kier alpha value is -3.44. The summed E-state index contributed by atoms with van der Waals surface area (Å²) >= 11 is 1.77. The van der Waals surface area contributed by atoms with Crippen molar-refractivity contribution in [3.63, 3.8) is 0 Å². The van der Waals surface area contributed by atoms with Crippen LogP contribution in [0.3, 0.4) is 0 Å². The number of thiophene rings is 1. The van der Waals surface area contributed by atoms with E-state index in [2.05, 4.69) is 69.2 Å². The predicted octanol–water partition coefficient (Wildman–Crippen LogP) is 6.25. The van der Waals surface area contributed by atoms with Crippen LogP contribution in [0.1, 0.15) is 39.3 Å². The van der Waals surface area contributed by atoms with Crippen LogP contribution in [0.15, 0.2) is 78.4 Å². The maximum Gasteiger partial charge on any atom is 0.256 e. The van der Waals surface area contributed by atoms with Crippen LogP contribution < -0.4 is 0 Å². The summed E-state index contributed by atoms with van der Waals surface area (Å²) in [4.78, 5) is 22.1. The summed E-state index contributed by atoms with van der Waals surface area (Å²) in [7, 11) is 0. The van der Waals surface area contributed by atoms with Gasteiger partial charge < -0.3 is 9.47 Å². The zero-order chi connectivity index (χ0) is 22.4. The van der Waals surface area contributed by atoms with Crippen molar-refractivity contribution in [2.75, 3.05) is 6.54 Å².